The molecule has 0 spiro atoms. The van der Waals surface area contributed by atoms with Crippen molar-refractivity contribution in [2.45, 2.75) is 13.5 Å². The number of rotatable bonds is 4. The van der Waals surface area contributed by atoms with Crippen LogP contribution in [0.5, 0.6) is 11.5 Å². The molecule has 7 heteroatoms. The van der Waals surface area contributed by atoms with Crippen molar-refractivity contribution in [2.24, 2.45) is 0 Å². The maximum Gasteiger partial charge on any atom is 0.274 e. The molecule has 0 atom stereocenters. The van der Waals surface area contributed by atoms with Crippen LogP contribution in [0, 0.1) is 6.92 Å². The number of aromatic amines is 1. The highest BCUT2D eigenvalue weighted by molar-refractivity contribution is 5.93. The Hall–Kier alpha value is -3.22. The van der Waals surface area contributed by atoms with E-state index in [0.29, 0.717) is 29.4 Å². The molecule has 3 heterocycles. The van der Waals surface area contributed by atoms with Gasteiger partial charge < -0.3 is 18.8 Å². The van der Waals surface area contributed by atoms with Crippen molar-refractivity contribution in [3.8, 4) is 23.0 Å². The fraction of sp³-hybridized carbons (Fsp3) is 0.222. The summed E-state index contributed by atoms with van der Waals surface area (Å²) in [6.45, 7) is 2.54. The summed E-state index contributed by atoms with van der Waals surface area (Å²) >= 11 is 0. The Morgan fingerprint density at radius 3 is 2.84 bits per heavy atom. The summed E-state index contributed by atoms with van der Waals surface area (Å²) < 4.78 is 16.2. The number of fused-ring (bicyclic) bond motifs is 1. The van der Waals surface area contributed by atoms with E-state index >= 15 is 0 Å². The number of nitrogens with zero attached hydrogens (tertiary/aromatic N) is 2. The summed E-state index contributed by atoms with van der Waals surface area (Å²) in [5.74, 6) is 2.71. The van der Waals surface area contributed by atoms with Gasteiger partial charge in [-0.15, -0.1) is 0 Å². The third-order valence-corrected chi connectivity index (χ3v) is 4.01. The number of aromatic nitrogens is 2. The Labute approximate surface area is 144 Å². The molecule has 1 amide bonds. The quantitative estimate of drug-likeness (QED) is 0.790. The first-order chi connectivity index (χ1) is 12.1. The maximum absolute atomic E-state index is 12.6. The molecule has 4 rings (SSSR count). The van der Waals surface area contributed by atoms with Crippen LogP contribution in [0.2, 0.25) is 0 Å². The zero-order valence-electron chi connectivity index (χ0n) is 13.9. The second kappa shape index (κ2) is 6.01. The van der Waals surface area contributed by atoms with E-state index in [0.717, 1.165) is 17.1 Å². The first kappa shape index (κ1) is 15.3. The average Bonchev–Trinajstić information content (AvgIpc) is 3.33. The van der Waals surface area contributed by atoms with Gasteiger partial charge in [-0.05, 0) is 36.8 Å². The van der Waals surface area contributed by atoms with Crippen LogP contribution in [-0.4, -0.2) is 34.8 Å². The van der Waals surface area contributed by atoms with E-state index in [1.54, 1.807) is 18.0 Å². The largest absolute Gasteiger partial charge is 0.460 e. The van der Waals surface area contributed by atoms with Crippen molar-refractivity contribution in [3.05, 3.63) is 53.4 Å². The lowest BCUT2D eigenvalue weighted by atomic mass is 10.2. The van der Waals surface area contributed by atoms with Gasteiger partial charge in [0.25, 0.3) is 5.91 Å². The Morgan fingerprint density at radius 2 is 2.04 bits per heavy atom. The van der Waals surface area contributed by atoms with Crippen LogP contribution in [-0.2, 0) is 6.54 Å². The smallest absolute Gasteiger partial charge is 0.274 e. The molecule has 0 unspecified atom stereocenters. The summed E-state index contributed by atoms with van der Waals surface area (Å²) in [6, 6.07) is 11.0. The number of hydrogen-bond acceptors (Lipinski definition) is 5. The van der Waals surface area contributed by atoms with E-state index < -0.39 is 0 Å². The predicted molar refractivity (Wildman–Crippen MR) is 89.4 cm³/mol. The molecule has 0 radical (unpaired) electrons. The van der Waals surface area contributed by atoms with Crippen LogP contribution in [0.4, 0.5) is 0 Å². The number of benzene rings is 1. The Morgan fingerprint density at radius 1 is 1.20 bits per heavy atom. The SMILES string of the molecule is Cc1ccc(-c2cc(C(=O)N(C)Cc3ccc4c(c3)OCO4)n[nH]2)o1. The zero-order valence-corrected chi connectivity index (χ0v) is 13.9. The minimum Gasteiger partial charge on any atom is -0.460 e. The summed E-state index contributed by atoms with van der Waals surface area (Å²) in [4.78, 5) is 14.2. The average molecular weight is 339 g/mol. The molecule has 0 bridgehead atoms. The molecular weight excluding hydrogens is 322 g/mol. The van der Waals surface area contributed by atoms with E-state index in [9.17, 15) is 4.79 Å². The number of carbonyl (C=O) groups is 1. The highest BCUT2D eigenvalue weighted by atomic mass is 16.7. The van der Waals surface area contributed by atoms with Crippen molar-refractivity contribution in [3.63, 3.8) is 0 Å². The van der Waals surface area contributed by atoms with E-state index in [1.165, 1.54) is 0 Å². The lowest BCUT2D eigenvalue weighted by Gasteiger charge is -2.16. The van der Waals surface area contributed by atoms with Gasteiger partial charge in [-0.2, -0.15) is 5.10 Å². The van der Waals surface area contributed by atoms with Crippen LogP contribution >= 0.6 is 0 Å². The van der Waals surface area contributed by atoms with Gasteiger partial charge in [-0.3, -0.25) is 9.89 Å². The van der Waals surface area contributed by atoms with Gasteiger partial charge in [-0.25, -0.2) is 0 Å². The fourth-order valence-corrected chi connectivity index (χ4v) is 2.72. The fourth-order valence-electron chi connectivity index (χ4n) is 2.72. The molecular formula is C18H17N3O4. The van der Waals surface area contributed by atoms with Crippen LogP contribution in [0.25, 0.3) is 11.5 Å². The molecule has 0 saturated carbocycles. The molecule has 1 N–H and O–H groups in total. The number of carbonyl (C=O) groups excluding carboxylic acids is 1. The van der Waals surface area contributed by atoms with Gasteiger partial charge in [0, 0.05) is 19.7 Å². The summed E-state index contributed by atoms with van der Waals surface area (Å²) in [6.07, 6.45) is 0. The second-order valence-electron chi connectivity index (χ2n) is 5.93. The van der Waals surface area contributed by atoms with Gasteiger partial charge in [0.1, 0.15) is 11.5 Å². The van der Waals surface area contributed by atoms with E-state index in [1.807, 2.05) is 37.3 Å². The summed E-state index contributed by atoms with van der Waals surface area (Å²) in [5, 5.41) is 6.94. The molecule has 0 aliphatic carbocycles. The Kier molecular flexibility index (Phi) is 3.68. The normalized spacial score (nSPS) is 12.4. The van der Waals surface area contributed by atoms with E-state index in [-0.39, 0.29) is 12.7 Å². The topological polar surface area (TPSA) is 80.6 Å². The second-order valence-corrected chi connectivity index (χ2v) is 5.93. The number of H-pyrrole nitrogens is 1. The van der Waals surface area contributed by atoms with Crippen LogP contribution in [0.3, 0.4) is 0 Å². The summed E-state index contributed by atoms with van der Waals surface area (Å²) in [7, 11) is 1.73. The van der Waals surface area contributed by atoms with Crippen LogP contribution in [0.1, 0.15) is 21.8 Å². The number of nitrogens with one attached hydrogen (secondary N) is 1. The molecule has 2 aromatic heterocycles. The molecule has 25 heavy (non-hydrogen) atoms. The number of aryl methyl sites for hydroxylation is 1. The number of ether oxygens (including phenoxy) is 2. The molecule has 1 aliphatic heterocycles. The zero-order chi connectivity index (χ0) is 17.4. The molecule has 3 aromatic rings. The number of furan rings is 1. The van der Waals surface area contributed by atoms with Crippen molar-refractivity contribution < 1.29 is 18.7 Å². The predicted octanol–water partition coefficient (Wildman–Crippen LogP) is 2.98. The third-order valence-electron chi connectivity index (χ3n) is 4.01. The minimum absolute atomic E-state index is 0.177. The molecule has 128 valence electrons. The van der Waals surface area contributed by atoms with E-state index in [2.05, 4.69) is 10.2 Å². The van der Waals surface area contributed by atoms with Gasteiger partial charge in [-0.1, -0.05) is 6.07 Å². The lowest BCUT2D eigenvalue weighted by molar-refractivity contribution is 0.0779. The highest BCUT2D eigenvalue weighted by Gasteiger charge is 2.19. The lowest BCUT2D eigenvalue weighted by Crippen LogP contribution is -2.26. The van der Waals surface area contributed by atoms with E-state index in [4.69, 9.17) is 13.9 Å². The number of amides is 1. The van der Waals surface area contributed by atoms with Crippen molar-refractivity contribution >= 4 is 5.91 Å². The number of hydrogen-bond donors (Lipinski definition) is 1. The highest BCUT2D eigenvalue weighted by Crippen LogP contribution is 2.32. The van der Waals surface area contributed by atoms with Crippen molar-refractivity contribution in [1.82, 2.24) is 15.1 Å². The molecule has 7 nitrogen and oxygen atoms in total. The maximum atomic E-state index is 12.6. The molecule has 1 aliphatic rings. The molecule has 0 fully saturated rings. The Bertz CT molecular complexity index is 928. The first-order valence-corrected chi connectivity index (χ1v) is 7.86. The minimum atomic E-state index is -0.177. The Balaban J connectivity index is 1.48. The van der Waals surface area contributed by atoms with Crippen LogP contribution < -0.4 is 9.47 Å². The first-order valence-electron chi connectivity index (χ1n) is 7.86. The van der Waals surface area contributed by atoms with Gasteiger partial charge in [0.05, 0.1) is 0 Å². The van der Waals surface area contributed by atoms with Gasteiger partial charge in [0.2, 0.25) is 6.79 Å². The monoisotopic (exact) mass is 339 g/mol. The van der Waals surface area contributed by atoms with Gasteiger partial charge >= 0.3 is 0 Å². The molecule has 1 aromatic carbocycles. The molecule has 0 saturated heterocycles. The third kappa shape index (κ3) is 2.96. The van der Waals surface area contributed by atoms with Crippen molar-refractivity contribution in [1.29, 1.82) is 0 Å². The standard InChI is InChI=1S/C18H17N3O4/c1-11-3-5-15(25-11)13-8-14(20-19-13)18(22)21(2)9-12-4-6-16-17(7-12)24-10-23-16/h3-8H,9-10H2,1-2H3,(H,19,20). The van der Waals surface area contributed by atoms with Crippen molar-refractivity contribution in [2.75, 3.05) is 13.8 Å². The van der Waals surface area contributed by atoms with Gasteiger partial charge in [0.15, 0.2) is 23.0 Å². The van der Waals surface area contributed by atoms with Crippen LogP contribution in [0.15, 0.2) is 40.8 Å². The summed E-state index contributed by atoms with van der Waals surface area (Å²) in [5.41, 5.74) is 1.97.